The predicted octanol–water partition coefficient (Wildman–Crippen LogP) is 2.20. The van der Waals surface area contributed by atoms with Gasteiger partial charge in [-0.1, -0.05) is 11.6 Å². The molecule has 11 heteroatoms. The van der Waals surface area contributed by atoms with Crippen LogP contribution >= 0.6 is 22.9 Å². The van der Waals surface area contributed by atoms with Crippen LogP contribution in [0.3, 0.4) is 0 Å². The smallest absolute Gasteiger partial charge is 0.415 e. The van der Waals surface area contributed by atoms with Crippen molar-refractivity contribution < 1.29 is 29.3 Å². The van der Waals surface area contributed by atoms with E-state index < -0.39 is 24.5 Å². The molecule has 170 valence electrons. The van der Waals surface area contributed by atoms with Gasteiger partial charge in [0, 0.05) is 24.7 Å². The third-order valence-electron chi connectivity index (χ3n) is 5.96. The zero-order chi connectivity index (χ0) is 22.4. The number of halogens is 1. The topological polar surface area (TPSA) is 112 Å². The van der Waals surface area contributed by atoms with Crippen molar-refractivity contribution in [1.29, 1.82) is 0 Å². The molecule has 32 heavy (non-hydrogen) atoms. The van der Waals surface area contributed by atoms with E-state index in [2.05, 4.69) is 5.32 Å². The van der Waals surface area contributed by atoms with Gasteiger partial charge in [-0.2, -0.15) is 0 Å². The fourth-order valence-electron chi connectivity index (χ4n) is 4.32. The molecular formula is C21H22ClN3O6S. The van der Waals surface area contributed by atoms with Crippen molar-refractivity contribution in [1.82, 2.24) is 5.32 Å². The number of anilines is 2. The summed E-state index contributed by atoms with van der Waals surface area (Å²) in [5.74, 6) is 0.246. The van der Waals surface area contributed by atoms with Crippen LogP contribution in [-0.4, -0.2) is 66.4 Å². The van der Waals surface area contributed by atoms with Gasteiger partial charge in [-0.3, -0.25) is 9.69 Å². The Morgan fingerprint density at radius 3 is 2.88 bits per heavy atom. The summed E-state index contributed by atoms with van der Waals surface area (Å²) in [7, 11) is 0. The van der Waals surface area contributed by atoms with Crippen LogP contribution < -0.4 is 19.9 Å². The van der Waals surface area contributed by atoms with E-state index in [1.165, 1.54) is 11.3 Å². The Balaban J connectivity index is 1.29. The lowest BCUT2D eigenvalue weighted by molar-refractivity contribution is 0.0501. The van der Waals surface area contributed by atoms with Gasteiger partial charge in [-0.05, 0) is 30.7 Å². The van der Waals surface area contributed by atoms with Gasteiger partial charge in [0.25, 0.3) is 5.91 Å². The highest BCUT2D eigenvalue weighted by Gasteiger charge is 2.46. The summed E-state index contributed by atoms with van der Waals surface area (Å²) in [4.78, 5) is 28.8. The highest BCUT2D eigenvalue weighted by Crippen LogP contribution is 2.41. The molecular weight excluding hydrogens is 458 g/mol. The molecule has 5 rings (SSSR count). The van der Waals surface area contributed by atoms with E-state index in [-0.39, 0.29) is 31.5 Å². The van der Waals surface area contributed by atoms with Crippen LogP contribution in [0, 0.1) is 0 Å². The Hall–Kier alpha value is -2.53. The number of carbonyl (C=O) groups is 2. The summed E-state index contributed by atoms with van der Waals surface area (Å²) in [6.07, 6.45) is -1.49. The minimum absolute atomic E-state index is 0.153. The summed E-state index contributed by atoms with van der Waals surface area (Å²) < 4.78 is 12.0. The molecule has 0 bridgehead atoms. The monoisotopic (exact) mass is 479 g/mol. The molecule has 4 heterocycles. The van der Waals surface area contributed by atoms with E-state index in [1.807, 2.05) is 6.07 Å². The summed E-state index contributed by atoms with van der Waals surface area (Å²) in [6.45, 7) is 0.891. The first-order valence-corrected chi connectivity index (χ1v) is 11.5. The summed E-state index contributed by atoms with van der Waals surface area (Å²) >= 11 is 7.06. The number of aliphatic hydroxyl groups is 2. The fourth-order valence-corrected chi connectivity index (χ4v) is 5.28. The summed E-state index contributed by atoms with van der Waals surface area (Å²) in [6, 6.07) is 8.30. The second-order valence-corrected chi connectivity index (χ2v) is 9.70. The Kier molecular flexibility index (Phi) is 5.62. The summed E-state index contributed by atoms with van der Waals surface area (Å²) in [5, 5.41) is 22.8. The second-order valence-electron chi connectivity index (χ2n) is 7.99. The van der Waals surface area contributed by atoms with Gasteiger partial charge in [-0.25, -0.2) is 4.79 Å². The molecule has 0 radical (unpaired) electrons. The first-order chi connectivity index (χ1) is 15.4. The molecule has 3 N–H and O–H groups in total. The van der Waals surface area contributed by atoms with Crippen LogP contribution in [0.5, 0.6) is 5.75 Å². The molecule has 4 atom stereocenters. The van der Waals surface area contributed by atoms with Crippen molar-refractivity contribution in [2.45, 2.75) is 37.3 Å². The molecule has 3 aliphatic rings. The molecule has 0 spiro atoms. The fraction of sp³-hybridized carbons (Fsp3) is 0.429. The normalized spacial score (nSPS) is 26.8. The van der Waals surface area contributed by atoms with Gasteiger partial charge in [0.15, 0.2) is 0 Å². The van der Waals surface area contributed by atoms with E-state index >= 15 is 0 Å². The molecule has 2 aromatic rings. The maximum Gasteiger partial charge on any atom is 0.415 e. The van der Waals surface area contributed by atoms with E-state index in [4.69, 9.17) is 21.1 Å². The molecule has 1 aromatic carbocycles. The van der Waals surface area contributed by atoms with E-state index in [0.29, 0.717) is 33.6 Å². The van der Waals surface area contributed by atoms with Crippen molar-refractivity contribution in [3.63, 3.8) is 0 Å². The number of nitrogens with zero attached hydrogens (tertiary/aromatic N) is 2. The van der Waals surface area contributed by atoms with E-state index in [9.17, 15) is 19.8 Å². The van der Waals surface area contributed by atoms with Gasteiger partial charge < -0.3 is 29.9 Å². The highest BCUT2D eigenvalue weighted by molar-refractivity contribution is 7.18. The Labute approximate surface area is 193 Å². The number of cyclic esters (lactones) is 1. The average Bonchev–Trinajstić information content (AvgIpc) is 3.35. The number of ether oxygens (including phenoxy) is 2. The van der Waals surface area contributed by atoms with Crippen molar-refractivity contribution in [3.05, 3.63) is 39.5 Å². The van der Waals surface area contributed by atoms with Gasteiger partial charge >= 0.3 is 6.09 Å². The SMILES string of the molecule is O=C(NCC1OC(=O)N2c3ccc(N4CCC(O)CC4O)cc3OCC12)c1ccc(Cl)s1. The Morgan fingerprint density at radius 1 is 1.28 bits per heavy atom. The van der Waals surface area contributed by atoms with E-state index in [0.717, 1.165) is 5.69 Å². The van der Waals surface area contributed by atoms with Crippen molar-refractivity contribution in [2.24, 2.45) is 0 Å². The molecule has 2 amide bonds. The number of benzene rings is 1. The Morgan fingerprint density at radius 2 is 2.12 bits per heavy atom. The zero-order valence-corrected chi connectivity index (χ0v) is 18.5. The number of hydrogen-bond acceptors (Lipinski definition) is 8. The molecule has 2 saturated heterocycles. The number of aliphatic hydroxyl groups excluding tert-OH is 2. The van der Waals surface area contributed by atoms with E-state index in [1.54, 1.807) is 34.1 Å². The number of hydrogen-bond donors (Lipinski definition) is 3. The van der Waals surface area contributed by atoms with Gasteiger partial charge in [-0.15, -0.1) is 11.3 Å². The number of fused-ring (bicyclic) bond motifs is 3. The van der Waals surface area contributed by atoms with Crippen LogP contribution in [0.25, 0.3) is 0 Å². The van der Waals surface area contributed by atoms with Gasteiger partial charge in [0.2, 0.25) is 0 Å². The van der Waals surface area contributed by atoms with Crippen molar-refractivity contribution >= 4 is 46.3 Å². The predicted molar refractivity (Wildman–Crippen MR) is 119 cm³/mol. The van der Waals surface area contributed by atoms with Crippen molar-refractivity contribution in [2.75, 3.05) is 29.5 Å². The minimum atomic E-state index is -0.781. The molecule has 3 aliphatic heterocycles. The third kappa shape index (κ3) is 3.88. The molecule has 0 saturated carbocycles. The number of thiophene rings is 1. The largest absolute Gasteiger partial charge is 0.489 e. The number of carbonyl (C=O) groups excluding carboxylic acids is 2. The van der Waals surface area contributed by atoms with Crippen LogP contribution in [0.1, 0.15) is 22.5 Å². The lowest BCUT2D eigenvalue weighted by Crippen LogP contribution is -2.48. The van der Waals surface area contributed by atoms with Crippen LogP contribution in [-0.2, 0) is 4.74 Å². The highest BCUT2D eigenvalue weighted by atomic mass is 35.5. The molecule has 4 unspecified atom stereocenters. The maximum atomic E-state index is 12.6. The van der Waals surface area contributed by atoms with Crippen LogP contribution in [0.2, 0.25) is 4.34 Å². The molecule has 2 fully saturated rings. The molecule has 1 aromatic heterocycles. The minimum Gasteiger partial charge on any atom is -0.489 e. The molecule has 0 aliphatic carbocycles. The first-order valence-electron chi connectivity index (χ1n) is 10.3. The van der Waals surface area contributed by atoms with Crippen molar-refractivity contribution in [3.8, 4) is 5.75 Å². The lowest BCUT2D eigenvalue weighted by Gasteiger charge is -2.37. The number of amides is 2. The van der Waals surface area contributed by atoms with Gasteiger partial charge in [0.1, 0.15) is 30.7 Å². The molecule has 9 nitrogen and oxygen atoms in total. The second kappa shape index (κ2) is 8.43. The first kappa shape index (κ1) is 21.3. The number of piperidine rings is 1. The maximum absolute atomic E-state index is 12.6. The number of nitrogens with one attached hydrogen (secondary N) is 1. The van der Waals surface area contributed by atoms with Gasteiger partial charge in [0.05, 0.1) is 27.5 Å². The Bertz CT molecular complexity index is 1050. The third-order valence-corrected chi connectivity index (χ3v) is 7.19. The number of rotatable bonds is 4. The quantitative estimate of drug-likeness (QED) is 0.616. The standard InChI is InChI=1S/C21H22ClN3O6S/c22-18-4-3-17(32-18)20(28)23-9-16-14-10-30-15-7-11(24-6-5-12(26)8-19(24)27)1-2-13(15)25(14)21(29)31-16/h1-4,7,12,14,16,19,26-27H,5-6,8-10H2,(H,23,28). The summed E-state index contributed by atoms with van der Waals surface area (Å²) in [5.41, 5.74) is 1.34. The average molecular weight is 480 g/mol. The zero-order valence-electron chi connectivity index (χ0n) is 16.9. The lowest BCUT2D eigenvalue weighted by atomic mass is 10.0. The van der Waals surface area contributed by atoms with Crippen LogP contribution in [0.4, 0.5) is 16.2 Å². The van der Waals surface area contributed by atoms with Crippen LogP contribution in [0.15, 0.2) is 30.3 Å².